The maximum absolute atomic E-state index is 11.7. The lowest BCUT2D eigenvalue weighted by Crippen LogP contribution is -2.36. The fourth-order valence-corrected chi connectivity index (χ4v) is 2.15. The Morgan fingerprint density at radius 2 is 1.95 bits per heavy atom. The van der Waals surface area contributed by atoms with E-state index in [1.807, 2.05) is 30.5 Å². The topological polar surface area (TPSA) is 67.4 Å². The van der Waals surface area contributed by atoms with E-state index in [2.05, 4.69) is 15.4 Å². The van der Waals surface area contributed by atoms with Crippen molar-refractivity contribution in [2.24, 2.45) is 0 Å². The van der Waals surface area contributed by atoms with Gasteiger partial charge in [0.25, 0.3) is 0 Å². The van der Waals surface area contributed by atoms with Crippen LogP contribution in [0, 0.1) is 0 Å². The summed E-state index contributed by atoms with van der Waals surface area (Å²) in [7, 11) is 3.04. The number of carbonyl (C=O) groups excluding carboxylic acids is 2. The zero-order valence-electron chi connectivity index (χ0n) is 11.9. The molecule has 2 N–H and O–H groups in total. The molecule has 1 atom stereocenters. The number of esters is 1. The van der Waals surface area contributed by atoms with Crippen LogP contribution in [0.1, 0.15) is 18.0 Å². The van der Waals surface area contributed by atoms with Crippen molar-refractivity contribution in [2.45, 2.75) is 17.4 Å². The minimum atomic E-state index is -0.376. The number of carbonyl (C=O) groups is 2. The van der Waals surface area contributed by atoms with E-state index in [0.29, 0.717) is 0 Å². The van der Waals surface area contributed by atoms with Crippen LogP contribution in [0.4, 0.5) is 0 Å². The summed E-state index contributed by atoms with van der Waals surface area (Å²) in [4.78, 5) is 24.3. The molecular formula is C14H20N2O3S. The summed E-state index contributed by atoms with van der Waals surface area (Å²) in [6, 6.07) is 7.39. The molecule has 5 nitrogen and oxygen atoms in total. The molecule has 1 amide bonds. The molecule has 0 radical (unpaired) electrons. The molecule has 0 aliphatic carbocycles. The second kappa shape index (κ2) is 8.60. The first-order valence-corrected chi connectivity index (χ1v) is 7.48. The van der Waals surface area contributed by atoms with Gasteiger partial charge in [-0.25, -0.2) is 0 Å². The van der Waals surface area contributed by atoms with Crippen molar-refractivity contribution in [3.63, 3.8) is 0 Å². The number of nitrogens with one attached hydrogen (secondary N) is 2. The highest BCUT2D eigenvalue weighted by atomic mass is 32.2. The lowest BCUT2D eigenvalue weighted by molar-refractivity contribution is -0.141. The molecule has 0 aromatic heterocycles. The van der Waals surface area contributed by atoms with Crippen LogP contribution >= 0.6 is 11.8 Å². The molecule has 0 aliphatic rings. The monoisotopic (exact) mass is 296 g/mol. The van der Waals surface area contributed by atoms with E-state index in [1.165, 1.54) is 7.11 Å². The van der Waals surface area contributed by atoms with E-state index in [1.54, 1.807) is 18.8 Å². The Bertz CT molecular complexity index is 448. The lowest BCUT2D eigenvalue weighted by Gasteiger charge is -2.18. The first-order valence-electron chi connectivity index (χ1n) is 6.25. The number of hydrogen-bond donors (Lipinski definition) is 2. The first kappa shape index (κ1) is 16.5. The number of ether oxygens (including phenoxy) is 1. The summed E-state index contributed by atoms with van der Waals surface area (Å²) in [6.45, 7) is 0.209. The third kappa shape index (κ3) is 5.22. The number of thioether (sulfide) groups is 1. The van der Waals surface area contributed by atoms with E-state index >= 15 is 0 Å². The van der Waals surface area contributed by atoms with Crippen molar-refractivity contribution in [1.29, 1.82) is 0 Å². The Morgan fingerprint density at radius 3 is 2.45 bits per heavy atom. The number of rotatable bonds is 7. The minimum absolute atomic E-state index is 0.116. The zero-order chi connectivity index (χ0) is 15.0. The van der Waals surface area contributed by atoms with Gasteiger partial charge in [-0.3, -0.25) is 9.59 Å². The number of methoxy groups -OCH3 is 1. The van der Waals surface area contributed by atoms with Gasteiger partial charge in [0.15, 0.2) is 0 Å². The van der Waals surface area contributed by atoms with Gasteiger partial charge < -0.3 is 15.4 Å². The second-order valence-electron chi connectivity index (χ2n) is 4.20. The summed E-state index contributed by atoms with van der Waals surface area (Å²) in [6.07, 6.45) is 2.11. The third-order valence-electron chi connectivity index (χ3n) is 2.79. The molecule has 1 rings (SSSR count). The van der Waals surface area contributed by atoms with Crippen LogP contribution < -0.4 is 10.6 Å². The fourth-order valence-electron chi connectivity index (χ4n) is 1.74. The number of benzene rings is 1. The largest absolute Gasteiger partial charge is 0.469 e. The summed E-state index contributed by atoms with van der Waals surface area (Å²) in [5.41, 5.74) is 0.887. The van der Waals surface area contributed by atoms with Crippen LogP contribution in [0.2, 0.25) is 0 Å². The second-order valence-corrected chi connectivity index (χ2v) is 5.08. The van der Waals surface area contributed by atoms with Crippen LogP contribution in [0.5, 0.6) is 0 Å². The highest BCUT2D eigenvalue weighted by molar-refractivity contribution is 7.98. The Kier molecular flexibility index (Phi) is 7.11. The van der Waals surface area contributed by atoms with Gasteiger partial charge in [-0.15, -0.1) is 11.8 Å². The Morgan fingerprint density at radius 1 is 1.30 bits per heavy atom. The van der Waals surface area contributed by atoms with Gasteiger partial charge in [0.2, 0.25) is 5.91 Å². The molecule has 20 heavy (non-hydrogen) atoms. The normalized spacial score (nSPS) is 11.8. The number of likely N-dealkylation sites (N-methyl/N-ethyl adjacent to an activating group) is 1. The Balaban J connectivity index is 2.84. The van der Waals surface area contributed by atoms with Crippen molar-refractivity contribution in [2.75, 3.05) is 27.0 Å². The summed E-state index contributed by atoms with van der Waals surface area (Å²) in [5, 5.41) is 5.61. The van der Waals surface area contributed by atoms with E-state index in [9.17, 15) is 9.59 Å². The maximum Gasteiger partial charge on any atom is 0.307 e. The van der Waals surface area contributed by atoms with E-state index in [0.717, 1.165) is 10.5 Å². The van der Waals surface area contributed by atoms with Crippen molar-refractivity contribution in [3.8, 4) is 0 Å². The minimum Gasteiger partial charge on any atom is -0.469 e. The average Bonchev–Trinajstić information content (AvgIpc) is 2.46. The highest BCUT2D eigenvalue weighted by Gasteiger charge is 2.18. The lowest BCUT2D eigenvalue weighted by atomic mass is 10.0. The molecule has 0 saturated carbocycles. The predicted molar refractivity (Wildman–Crippen MR) is 79.7 cm³/mol. The molecule has 0 spiro atoms. The van der Waals surface area contributed by atoms with Gasteiger partial charge in [0, 0.05) is 4.90 Å². The van der Waals surface area contributed by atoms with Crippen LogP contribution in [-0.4, -0.2) is 38.8 Å². The van der Waals surface area contributed by atoms with Gasteiger partial charge in [0.05, 0.1) is 26.1 Å². The van der Waals surface area contributed by atoms with Crippen LogP contribution in [0.15, 0.2) is 29.2 Å². The molecule has 0 fully saturated rings. The van der Waals surface area contributed by atoms with Crippen LogP contribution in [0.3, 0.4) is 0 Å². The van der Waals surface area contributed by atoms with Crippen LogP contribution in [0.25, 0.3) is 0 Å². The van der Waals surface area contributed by atoms with Crippen LogP contribution in [-0.2, 0) is 14.3 Å². The standard InChI is InChI=1S/C14H20N2O3S/c1-15-9-13(17)16-12(8-14(18)19-2)10-4-6-11(20-3)7-5-10/h4-7,12,15H,8-9H2,1-3H3,(H,16,17). The molecule has 1 aromatic carbocycles. The molecule has 110 valence electrons. The smallest absolute Gasteiger partial charge is 0.307 e. The van der Waals surface area contributed by atoms with Crippen molar-refractivity contribution < 1.29 is 14.3 Å². The zero-order valence-corrected chi connectivity index (χ0v) is 12.8. The van der Waals surface area contributed by atoms with Crippen molar-refractivity contribution >= 4 is 23.6 Å². The highest BCUT2D eigenvalue weighted by Crippen LogP contribution is 2.21. The molecule has 0 heterocycles. The van der Waals surface area contributed by atoms with Gasteiger partial charge in [-0.2, -0.15) is 0 Å². The third-order valence-corrected chi connectivity index (χ3v) is 3.53. The van der Waals surface area contributed by atoms with Crippen molar-refractivity contribution in [3.05, 3.63) is 29.8 Å². The number of hydrogen-bond acceptors (Lipinski definition) is 5. The first-order chi connectivity index (χ1) is 9.60. The van der Waals surface area contributed by atoms with E-state index < -0.39 is 0 Å². The Hall–Kier alpha value is -1.53. The molecular weight excluding hydrogens is 276 g/mol. The number of amides is 1. The molecule has 6 heteroatoms. The van der Waals surface area contributed by atoms with Gasteiger partial charge in [-0.05, 0) is 31.0 Å². The SMILES string of the molecule is CNCC(=O)NC(CC(=O)OC)c1ccc(SC)cc1. The van der Waals surface area contributed by atoms with Gasteiger partial charge in [-0.1, -0.05) is 12.1 Å². The molecule has 1 unspecified atom stereocenters. The Labute approximate surface area is 123 Å². The van der Waals surface area contributed by atoms with E-state index in [4.69, 9.17) is 0 Å². The van der Waals surface area contributed by atoms with Gasteiger partial charge in [0.1, 0.15) is 0 Å². The molecule has 1 aromatic rings. The molecule has 0 saturated heterocycles. The van der Waals surface area contributed by atoms with Gasteiger partial charge >= 0.3 is 5.97 Å². The fraction of sp³-hybridized carbons (Fsp3) is 0.429. The summed E-state index contributed by atoms with van der Waals surface area (Å²) in [5.74, 6) is -0.510. The van der Waals surface area contributed by atoms with Crippen molar-refractivity contribution in [1.82, 2.24) is 10.6 Å². The predicted octanol–water partition coefficient (Wildman–Crippen LogP) is 1.35. The maximum atomic E-state index is 11.7. The average molecular weight is 296 g/mol. The summed E-state index contributed by atoms with van der Waals surface area (Å²) >= 11 is 1.64. The molecule has 0 bridgehead atoms. The van der Waals surface area contributed by atoms with E-state index in [-0.39, 0.29) is 30.9 Å². The molecule has 0 aliphatic heterocycles. The quantitative estimate of drug-likeness (QED) is 0.587. The summed E-state index contributed by atoms with van der Waals surface area (Å²) < 4.78 is 4.68.